The van der Waals surface area contributed by atoms with E-state index in [9.17, 15) is 9.59 Å². The van der Waals surface area contributed by atoms with Gasteiger partial charge in [0.15, 0.2) is 5.76 Å². The van der Waals surface area contributed by atoms with Gasteiger partial charge in [-0.2, -0.15) is 0 Å². The molecule has 2 heterocycles. The first-order chi connectivity index (χ1) is 11.1. The number of carboxylic acids is 1. The second-order valence-electron chi connectivity index (χ2n) is 5.44. The molecule has 6 heteroatoms. The van der Waals surface area contributed by atoms with Crippen molar-refractivity contribution in [2.75, 3.05) is 13.1 Å². The van der Waals surface area contributed by atoms with E-state index in [0.717, 1.165) is 0 Å². The summed E-state index contributed by atoms with van der Waals surface area (Å²) in [5.41, 5.74) is 0. The van der Waals surface area contributed by atoms with Crippen molar-refractivity contribution < 1.29 is 23.8 Å². The van der Waals surface area contributed by atoms with Crippen molar-refractivity contribution >= 4 is 11.9 Å². The standard InChI is InChI=1S/C17H17NO5/c19-16(18-10-8-12(9-11-18)17(20)21)14-6-7-15(23-14)22-13-4-2-1-3-5-13/h1-7,12H,8-11H2,(H,20,21). The molecule has 3 rings (SSSR count). The first-order valence-corrected chi connectivity index (χ1v) is 7.48. The van der Waals surface area contributed by atoms with Crippen LogP contribution < -0.4 is 4.74 Å². The number of likely N-dealkylation sites (tertiary alicyclic amines) is 1. The fourth-order valence-electron chi connectivity index (χ4n) is 2.58. The fraction of sp³-hybridized carbons (Fsp3) is 0.294. The van der Waals surface area contributed by atoms with Crippen LogP contribution in [-0.2, 0) is 4.79 Å². The smallest absolute Gasteiger partial charge is 0.306 e. The number of carbonyl (C=O) groups is 2. The Hall–Kier alpha value is -2.76. The highest BCUT2D eigenvalue weighted by Crippen LogP contribution is 2.25. The molecule has 1 amide bonds. The molecule has 0 aliphatic carbocycles. The van der Waals surface area contributed by atoms with Crippen molar-refractivity contribution in [1.82, 2.24) is 4.90 Å². The maximum atomic E-state index is 12.4. The summed E-state index contributed by atoms with van der Waals surface area (Å²) in [5, 5.41) is 8.99. The fourth-order valence-corrected chi connectivity index (χ4v) is 2.58. The number of aliphatic carboxylic acids is 1. The summed E-state index contributed by atoms with van der Waals surface area (Å²) in [7, 11) is 0. The molecule has 6 nitrogen and oxygen atoms in total. The van der Waals surface area contributed by atoms with Crippen LogP contribution in [0.25, 0.3) is 0 Å². The van der Waals surface area contributed by atoms with Crippen LogP contribution >= 0.6 is 0 Å². The lowest BCUT2D eigenvalue weighted by Gasteiger charge is -2.29. The minimum atomic E-state index is -0.798. The number of benzene rings is 1. The number of piperidine rings is 1. The molecule has 1 aromatic carbocycles. The van der Waals surface area contributed by atoms with Crippen LogP contribution in [0.5, 0.6) is 11.7 Å². The van der Waals surface area contributed by atoms with Gasteiger partial charge in [-0.05, 0) is 31.0 Å². The van der Waals surface area contributed by atoms with Crippen LogP contribution in [0, 0.1) is 5.92 Å². The third-order valence-corrected chi connectivity index (χ3v) is 3.89. The van der Waals surface area contributed by atoms with Crippen LogP contribution in [0.3, 0.4) is 0 Å². The number of rotatable bonds is 4. The Labute approximate surface area is 133 Å². The third kappa shape index (κ3) is 3.53. The largest absolute Gasteiger partial charge is 0.481 e. The predicted molar refractivity (Wildman–Crippen MR) is 81.5 cm³/mol. The first-order valence-electron chi connectivity index (χ1n) is 7.48. The minimum Gasteiger partial charge on any atom is -0.481 e. The number of amides is 1. The number of para-hydroxylation sites is 1. The highest BCUT2D eigenvalue weighted by Gasteiger charge is 2.28. The lowest BCUT2D eigenvalue weighted by molar-refractivity contribution is -0.143. The molecule has 0 atom stereocenters. The zero-order valence-electron chi connectivity index (χ0n) is 12.5. The first kappa shape index (κ1) is 15.1. The van der Waals surface area contributed by atoms with Crippen LogP contribution in [-0.4, -0.2) is 35.0 Å². The van der Waals surface area contributed by atoms with E-state index in [4.69, 9.17) is 14.3 Å². The van der Waals surface area contributed by atoms with Gasteiger partial charge >= 0.3 is 5.97 Å². The van der Waals surface area contributed by atoms with E-state index >= 15 is 0 Å². The molecule has 1 aliphatic rings. The Morgan fingerprint density at radius 2 is 1.78 bits per heavy atom. The van der Waals surface area contributed by atoms with Crippen molar-refractivity contribution in [2.24, 2.45) is 5.92 Å². The average Bonchev–Trinajstić information content (AvgIpc) is 3.03. The van der Waals surface area contributed by atoms with Gasteiger partial charge in [0.1, 0.15) is 5.75 Å². The van der Waals surface area contributed by atoms with Gasteiger partial charge in [-0.3, -0.25) is 9.59 Å². The molecule has 2 aromatic rings. The number of carbonyl (C=O) groups excluding carboxylic acids is 1. The molecule has 120 valence electrons. The normalized spacial score (nSPS) is 15.4. The minimum absolute atomic E-state index is 0.199. The van der Waals surface area contributed by atoms with Crippen molar-refractivity contribution in [2.45, 2.75) is 12.8 Å². The van der Waals surface area contributed by atoms with Crippen molar-refractivity contribution in [3.05, 3.63) is 48.2 Å². The second-order valence-corrected chi connectivity index (χ2v) is 5.44. The molecule has 1 aromatic heterocycles. The molecular weight excluding hydrogens is 298 g/mol. The van der Waals surface area contributed by atoms with E-state index < -0.39 is 5.97 Å². The Balaban J connectivity index is 1.62. The van der Waals surface area contributed by atoms with Gasteiger partial charge in [0.05, 0.1) is 5.92 Å². The monoisotopic (exact) mass is 315 g/mol. The molecule has 0 bridgehead atoms. The van der Waals surface area contributed by atoms with E-state index in [1.165, 1.54) is 0 Å². The Bertz CT molecular complexity index is 686. The van der Waals surface area contributed by atoms with Crippen molar-refractivity contribution in [3.63, 3.8) is 0 Å². The van der Waals surface area contributed by atoms with E-state index in [1.54, 1.807) is 29.2 Å². The average molecular weight is 315 g/mol. The molecule has 23 heavy (non-hydrogen) atoms. The molecule has 0 spiro atoms. The number of nitrogens with zero attached hydrogens (tertiary/aromatic N) is 1. The number of furan rings is 1. The molecule has 1 aliphatic heterocycles. The van der Waals surface area contributed by atoms with E-state index in [0.29, 0.717) is 31.7 Å². The lowest BCUT2D eigenvalue weighted by Crippen LogP contribution is -2.40. The van der Waals surface area contributed by atoms with Gasteiger partial charge in [0, 0.05) is 19.2 Å². The summed E-state index contributed by atoms with van der Waals surface area (Å²) >= 11 is 0. The summed E-state index contributed by atoms with van der Waals surface area (Å²) in [6.07, 6.45) is 0.935. The number of hydrogen-bond acceptors (Lipinski definition) is 4. The predicted octanol–water partition coefficient (Wildman–Crippen LogP) is 3.01. The van der Waals surface area contributed by atoms with Gasteiger partial charge in [-0.1, -0.05) is 18.2 Å². The topological polar surface area (TPSA) is 80.0 Å². The number of carboxylic acid groups (broad SMARTS) is 1. The van der Waals surface area contributed by atoms with Gasteiger partial charge in [-0.15, -0.1) is 0 Å². The summed E-state index contributed by atoms with van der Waals surface area (Å²) in [6.45, 7) is 0.844. The molecule has 1 saturated heterocycles. The molecular formula is C17H17NO5. The van der Waals surface area contributed by atoms with Crippen molar-refractivity contribution in [3.8, 4) is 11.7 Å². The highest BCUT2D eigenvalue weighted by atomic mass is 16.6. The van der Waals surface area contributed by atoms with Crippen LogP contribution in [0.1, 0.15) is 23.4 Å². The van der Waals surface area contributed by atoms with Gasteiger partial charge < -0.3 is 19.2 Å². The third-order valence-electron chi connectivity index (χ3n) is 3.89. The SMILES string of the molecule is O=C(O)C1CCN(C(=O)c2ccc(Oc3ccccc3)o2)CC1. The zero-order chi connectivity index (χ0) is 16.2. The molecule has 0 radical (unpaired) electrons. The summed E-state index contributed by atoms with van der Waals surface area (Å²) in [4.78, 5) is 24.9. The molecule has 0 saturated carbocycles. The molecule has 1 fully saturated rings. The van der Waals surface area contributed by atoms with Gasteiger partial charge in [0.2, 0.25) is 0 Å². The van der Waals surface area contributed by atoms with Gasteiger partial charge in [0.25, 0.3) is 11.9 Å². The maximum absolute atomic E-state index is 12.4. The molecule has 1 N–H and O–H groups in total. The quantitative estimate of drug-likeness (QED) is 0.938. The van der Waals surface area contributed by atoms with Crippen LogP contribution in [0.2, 0.25) is 0 Å². The maximum Gasteiger partial charge on any atom is 0.306 e. The summed E-state index contributed by atoms with van der Waals surface area (Å²) in [6, 6.07) is 12.3. The van der Waals surface area contributed by atoms with Crippen molar-refractivity contribution in [1.29, 1.82) is 0 Å². The Morgan fingerprint density at radius 1 is 1.09 bits per heavy atom. The number of hydrogen-bond donors (Lipinski definition) is 1. The van der Waals surface area contributed by atoms with E-state index in [-0.39, 0.29) is 23.5 Å². The summed E-state index contributed by atoms with van der Waals surface area (Å²) < 4.78 is 11.0. The lowest BCUT2D eigenvalue weighted by atomic mass is 9.97. The summed E-state index contributed by atoms with van der Waals surface area (Å²) in [5.74, 6) is -0.328. The Morgan fingerprint density at radius 3 is 2.43 bits per heavy atom. The number of ether oxygens (including phenoxy) is 1. The zero-order valence-corrected chi connectivity index (χ0v) is 12.5. The molecule has 0 unspecified atom stereocenters. The van der Waals surface area contributed by atoms with E-state index in [2.05, 4.69) is 0 Å². The highest BCUT2D eigenvalue weighted by molar-refractivity contribution is 5.91. The Kier molecular flexibility index (Phi) is 4.32. The van der Waals surface area contributed by atoms with Crippen LogP contribution in [0.4, 0.5) is 0 Å². The second kappa shape index (κ2) is 6.56. The van der Waals surface area contributed by atoms with Gasteiger partial charge in [-0.25, -0.2) is 0 Å². The van der Waals surface area contributed by atoms with E-state index in [1.807, 2.05) is 18.2 Å². The van der Waals surface area contributed by atoms with Crippen LogP contribution in [0.15, 0.2) is 46.9 Å².